The van der Waals surface area contributed by atoms with Crippen molar-refractivity contribution in [2.75, 3.05) is 0 Å². The van der Waals surface area contributed by atoms with Gasteiger partial charge in [-0.05, 0) is 5.56 Å². The van der Waals surface area contributed by atoms with E-state index in [0.717, 1.165) is 16.8 Å². The maximum absolute atomic E-state index is 4.23. The van der Waals surface area contributed by atoms with E-state index in [0.29, 0.717) is 0 Å². The van der Waals surface area contributed by atoms with E-state index >= 15 is 0 Å². The highest BCUT2D eigenvalue weighted by Gasteiger charge is 1.97. The average molecular weight is 187 g/mol. The van der Waals surface area contributed by atoms with Gasteiger partial charge in [-0.2, -0.15) is 0 Å². The van der Waals surface area contributed by atoms with Crippen LogP contribution in [-0.4, -0.2) is 4.98 Å². The lowest BCUT2D eigenvalue weighted by Gasteiger charge is -1.96. The fraction of sp³-hybridized carbons (Fsp3) is 0. The molecule has 0 N–H and O–H groups in total. The van der Waals surface area contributed by atoms with Gasteiger partial charge in [0, 0.05) is 10.9 Å². The van der Waals surface area contributed by atoms with Crippen molar-refractivity contribution < 1.29 is 0 Å². The van der Waals surface area contributed by atoms with Crippen LogP contribution in [0.2, 0.25) is 0 Å². The second-order valence-electron chi connectivity index (χ2n) is 2.70. The molecule has 1 aromatic heterocycles. The lowest BCUT2D eigenvalue weighted by atomic mass is 10.1. The molecule has 2 rings (SSSR count). The van der Waals surface area contributed by atoms with Crippen LogP contribution in [0.5, 0.6) is 0 Å². The highest BCUT2D eigenvalue weighted by molar-refractivity contribution is 7.07. The number of thiazole rings is 1. The van der Waals surface area contributed by atoms with Crippen molar-refractivity contribution in [1.29, 1.82) is 0 Å². The number of nitrogens with zero attached hydrogens (tertiary/aromatic N) is 1. The van der Waals surface area contributed by atoms with Crippen molar-refractivity contribution in [2.24, 2.45) is 0 Å². The van der Waals surface area contributed by atoms with Crippen LogP contribution in [0.1, 0.15) is 5.56 Å². The summed E-state index contributed by atoms with van der Waals surface area (Å²) in [6.07, 6.45) is 1.84. The van der Waals surface area contributed by atoms with Crippen LogP contribution in [-0.2, 0) is 0 Å². The molecule has 2 aromatic rings. The minimum absolute atomic E-state index is 1.04. The molecule has 0 aliphatic rings. The standard InChI is InChI=1S/C11H9NS/c1-2-9-3-5-10(6-4-9)11-7-13-8-12-11/h2-8H,1H2. The summed E-state index contributed by atoms with van der Waals surface area (Å²) in [7, 11) is 0. The van der Waals surface area contributed by atoms with Crippen molar-refractivity contribution in [2.45, 2.75) is 0 Å². The first-order chi connectivity index (χ1) is 6.40. The number of aromatic nitrogens is 1. The first-order valence-corrected chi connectivity index (χ1v) is 4.95. The summed E-state index contributed by atoms with van der Waals surface area (Å²) < 4.78 is 0. The van der Waals surface area contributed by atoms with Crippen LogP contribution in [0.25, 0.3) is 17.3 Å². The number of benzene rings is 1. The summed E-state index contributed by atoms with van der Waals surface area (Å²) >= 11 is 1.61. The molecule has 2 heteroatoms. The summed E-state index contributed by atoms with van der Waals surface area (Å²) in [5.74, 6) is 0. The molecule has 1 nitrogen and oxygen atoms in total. The van der Waals surface area contributed by atoms with Crippen molar-refractivity contribution >= 4 is 17.4 Å². The van der Waals surface area contributed by atoms with E-state index in [4.69, 9.17) is 0 Å². The average Bonchev–Trinajstić information content (AvgIpc) is 2.71. The van der Waals surface area contributed by atoms with Crippen LogP contribution in [0, 0.1) is 0 Å². The minimum atomic E-state index is 1.04. The zero-order valence-electron chi connectivity index (χ0n) is 7.10. The Balaban J connectivity index is 2.38. The second kappa shape index (κ2) is 3.54. The van der Waals surface area contributed by atoms with Crippen LogP contribution in [0.3, 0.4) is 0 Å². The molecular weight excluding hydrogens is 178 g/mol. The molecule has 0 aliphatic carbocycles. The Kier molecular flexibility index (Phi) is 2.23. The van der Waals surface area contributed by atoms with Gasteiger partial charge in [-0.15, -0.1) is 11.3 Å². The summed E-state index contributed by atoms with van der Waals surface area (Å²) in [5, 5.41) is 2.04. The molecule has 13 heavy (non-hydrogen) atoms. The predicted molar refractivity (Wildman–Crippen MR) is 57.6 cm³/mol. The fourth-order valence-electron chi connectivity index (χ4n) is 1.15. The van der Waals surface area contributed by atoms with E-state index in [9.17, 15) is 0 Å². The predicted octanol–water partition coefficient (Wildman–Crippen LogP) is 3.45. The molecule has 64 valence electrons. The smallest absolute Gasteiger partial charge is 0.0811 e. The first kappa shape index (κ1) is 8.20. The zero-order valence-corrected chi connectivity index (χ0v) is 7.92. The van der Waals surface area contributed by atoms with Gasteiger partial charge in [-0.25, -0.2) is 4.98 Å². The van der Waals surface area contributed by atoms with Gasteiger partial charge in [0.25, 0.3) is 0 Å². The number of rotatable bonds is 2. The molecule has 0 fully saturated rings. The summed E-state index contributed by atoms with van der Waals surface area (Å²) in [6, 6.07) is 8.21. The van der Waals surface area contributed by atoms with Gasteiger partial charge in [-0.3, -0.25) is 0 Å². The van der Waals surface area contributed by atoms with Gasteiger partial charge in [0.1, 0.15) is 0 Å². The zero-order chi connectivity index (χ0) is 9.10. The van der Waals surface area contributed by atoms with Crippen LogP contribution < -0.4 is 0 Å². The molecule has 0 spiro atoms. The van der Waals surface area contributed by atoms with Crippen molar-refractivity contribution in [3.63, 3.8) is 0 Å². The lowest BCUT2D eigenvalue weighted by Crippen LogP contribution is -1.76. The summed E-state index contributed by atoms with van der Waals surface area (Å²) in [4.78, 5) is 4.23. The maximum Gasteiger partial charge on any atom is 0.0811 e. The van der Waals surface area contributed by atoms with E-state index in [2.05, 4.69) is 23.7 Å². The van der Waals surface area contributed by atoms with Crippen LogP contribution in [0.4, 0.5) is 0 Å². The van der Waals surface area contributed by atoms with E-state index in [1.807, 2.05) is 29.1 Å². The third-order valence-corrected chi connectivity index (χ3v) is 2.46. The molecule has 0 radical (unpaired) electrons. The van der Waals surface area contributed by atoms with Gasteiger partial charge >= 0.3 is 0 Å². The van der Waals surface area contributed by atoms with Gasteiger partial charge in [-0.1, -0.05) is 36.9 Å². The Hall–Kier alpha value is -1.41. The van der Waals surface area contributed by atoms with Gasteiger partial charge < -0.3 is 0 Å². The Labute approximate surface area is 81.4 Å². The van der Waals surface area contributed by atoms with E-state index in [1.54, 1.807) is 11.3 Å². The molecule has 0 atom stereocenters. The Morgan fingerprint density at radius 1 is 1.23 bits per heavy atom. The highest BCUT2D eigenvalue weighted by Crippen LogP contribution is 2.19. The van der Waals surface area contributed by atoms with Crippen molar-refractivity contribution in [1.82, 2.24) is 4.98 Å². The Morgan fingerprint density at radius 2 is 2.00 bits per heavy atom. The number of hydrogen-bond acceptors (Lipinski definition) is 2. The normalized spacial score (nSPS) is 9.85. The molecule has 0 saturated heterocycles. The molecule has 0 saturated carbocycles. The third-order valence-electron chi connectivity index (χ3n) is 1.87. The van der Waals surface area contributed by atoms with Crippen molar-refractivity contribution in [3.8, 4) is 11.3 Å². The third kappa shape index (κ3) is 1.68. The fourth-order valence-corrected chi connectivity index (χ4v) is 1.71. The topological polar surface area (TPSA) is 12.9 Å². The van der Waals surface area contributed by atoms with Gasteiger partial charge in [0.2, 0.25) is 0 Å². The van der Waals surface area contributed by atoms with Gasteiger partial charge in [0.15, 0.2) is 0 Å². The summed E-state index contributed by atoms with van der Waals surface area (Å²) in [6.45, 7) is 3.71. The van der Waals surface area contributed by atoms with E-state index in [-0.39, 0.29) is 0 Å². The maximum atomic E-state index is 4.23. The van der Waals surface area contributed by atoms with Crippen molar-refractivity contribution in [3.05, 3.63) is 47.3 Å². The van der Waals surface area contributed by atoms with E-state index < -0.39 is 0 Å². The van der Waals surface area contributed by atoms with Gasteiger partial charge in [0.05, 0.1) is 11.2 Å². The molecular formula is C11H9NS. The molecule has 0 amide bonds. The van der Waals surface area contributed by atoms with E-state index in [1.165, 1.54) is 0 Å². The molecule has 0 unspecified atom stereocenters. The first-order valence-electron chi connectivity index (χ1n) is 4.01. The lowest BCUT2D eigenvalue weighted by molar-refractivity contribution is 1.41. The second-order valence-corrected chi connectivity index (χ2v) is 3.42. The molecule has 1 heterocycles. The van der Waals surface area contributed by atoms with Crippen LogP contribution in [0.15, 0.2) is 41.7 Å². The SMILES string of the molecule is C=Cc1ccc(-c2cscn2)cc1. The minimum Gasteiger partial charge on any atom is -0.245 e. The van der Waals surface area contributed by atoms with Crippen LogP contribution >= 0.6 is 11.3 Å². The molecule has 0 aliphatic heterocycles. The summed E-state index contributed by atoms with van der Waals surface area (Å²) in [5.41, 5.74) is 5.18. The Bertz CT molecular complexity index is 387. The Morgan fingerprint density at radius 3 is 2.54 bits per heavy atom. The largest absolute Gasteiger partial charge is 0.245 e. The molecule has 0 bridgehead atoms. The highest BCUT2D eigenvalue weighted by atomic mass is 32.1. The monoisotopic (exact) mass is 187 g/mol. The quantitative estimate of drug-likeness (QED) is 0.701. The molecule has 1 aromatic carbocycles. The number of hydrogen-bond donors (Lipinski definition) is 0.